The zero-order chi connectivity index (χ0) is 10.5. The molecule has 1 fully saturated rings. The van der Waals surface area contributed by atoms with Crippen LogP contribution >= 0.6 is 0 Å². The van der Waals surface area contributed by atoms with Gasteiger partial charge in [-0.1, -0.05) is 12.1 Å². The molecule has 0 bridgehead atoms. The van der Waals surface area contributed by atoms with Gasteiger partial charge in [-0.05, 0) is 6.07 Å². The molecule has 1 aromatic carbocycles. The Kier molecular flexibility index (Phi) is 1.57. The summed E-state index contributed by atoms with van der Waals surface area (Å²) in [5.41, 5.74) is 7.56. The van der Waals surface area contributed by atoms with Gasteiger partial charge in [0, 0.05) is 5.56 Å². The Bertz CT molecular complexity index is 438. The summed E-state index contributed by atoms with van der Waals surface area (Å²) >= 11 is 0. The number of hydrogen-bond acceptors (Lipinski definition) is 4. The first kappa shape index (κ1) is 8.70. The number of anilines is 2. The molecule has 0 atom stereocenters. The van der Waals surface area contributed by atoms with E-state index >= 15 is 0 Å². The number of ether oxygens (including phenoxy) is 2. The van der Waals surface area contributed by atoms with Crippen LogP contribution in [0.3, 0.4) is 0 Å². The summed E-state index contributed by atoms with van der Waals surface area (Å²) in [7, 11) is 0. The van der Waals surface area contributed by atoms with E-state index in [9.17, 15) is 4.79 Å². The molecule has 1 spiro atoms. The smallest absolute Gasteiger partial charge is 0.290 e. The van der Waals surface area contributed by atoms with E-state index in [0.29, 0.717) is 30.2 Å². The normalized spacial score (nSPS) is 21.7. The van der Waals surface area contributed by atoms with Gasteiger partial charge in [0.2, 0.25) is 0 Å². The molecule has 3 rings (SSSR count). The topological polar surface area (TPSA) is 73.6 Å². The molecule has 5 heteroatoms. The summed E-state index contributed by atoms with van der Waals surface area (Å²) in [6, 6.07) is 5.29. The molecule has 15 heavy (non-hydrogen) atoms. The van der Waals surface area contributed by atoms with Crippen LogP contribution in [0, 0.1) is 0 Å². The van der Waals surface area contributed by atoms with Gasteiger partial charge in [-0.15, -0.1) is 0 Å². The highest BCUT2D eigenvalue weighted by Crippen LogP contribution is 2.44. The number of nitrogens with two attached hydrogens (primary N) is 1. The van der Waals surface area contributed by atoms with E-state index in [1.165, 1.54) is 0 Å². The first-order valence-corrected chi connectivity index (χ1v) is 4.72. The average Bonchev–Trinajstić information content (AvgIpc) is 2.79. The van der Waals surface area contributed by atoms with Gasteiger partial charge in [-0.3, -0.25) is 4.79 Å². The largest absolute Gasteiger partial charge is 0.397 e. The van der Waals surface area contributed by atoms with Crippen molar-refractivity contribution in [1.29, 1.82) is 0 Å². The average molecular weight is 206 g/mol. The number of nitrogens with one attached hydrogen (secondary N) is 1. The lowest BCUT2D eigenvalue weighted by atomic mass is 10.1. The van der Waals surface area contributed by atoms with Crippen LogP contribution in [0.4, 0.5) is 11.4 Å². The fourth-order valence-electron chi connectivity index (χ4n) is 2.00. The molecule has 2 aliphatic rings. The second kappa shape index (κ2) is 2.71. The third-order valence-corrected chi connectivity index (χ3v) is 2.68. The zero-order valence-corrected chi connectivity index (χ0v) is 7.95. The van der Waals surface area contributed by atoms with Crippen LogP contribution in [0.15, 0.2) is 18.2 Å². The summed E-state index contributed by atoms with van der Waals surface area (Å²) in [6.45, 7) is 0.837. The van der Waals surface area contributed by atoms with Crippen LogP contribution < -0.4 is 11.1 Å². The van der Waals surface area contributed by atoms with Gasteiger partial charge in [0.15, 0.2) is 0 Å². The lowest BCUT2D eigenvalue weighted by molar-refractivity contribution is -0.178. The van der Waals surface area contributed by atoms with E-state index in [-0.39, 0.29) is 5.91 Å². The monoisotopic (exact) mass is 206 g/mol. The zero-order valence-electron chi connectivity index (χ0n) is 7.95. The SMILES string of the molecule is Nc1cccc2c1NC(=O)C21OCCO1. The van der Waals surface area contributed by atoms with Gasteiger partial charge in [-0.2, -0.15) is 0 Å². The standard InChI is InChI=1S/C10H10N2O3/c11-7-3-1-2-6-8(7)12-9(13)10(6)14-4-5-15-10/h1-3H,4-5,11H2,(H,12,13). The Balaban J connectivity index is 2.21. The minimum atomic E-state index is -1.26. The maximum Gasteiger partial charge on any atom is 0.290 e. The first-order valence-electron chi connectivity index (χ1n) is 4.72. The van der Waals surface area contributed by atoms with Crippen molar-refractivity contribution in [1.82, 2.24) is 0 Å². The molecule has 1 saturated heterocycles. The van der Waals surface area contributed by atoms with Gasteiger partial charge in [0.25, 0.3) is 11.7 Å². The van der Waals surface area contributed by atoms with Crippen LogP contribution in [0.1, 0.15) is 5.56 Å². The van der Waals surface area contributed by atoms with Crippen molar-refractivity contribution >= 4 is 17.3 Å². The van der Waals surface area contributed by atoms with Gasteiger partial charge >= 0.3 is 0 Å². The number of benzene rings is 1. The highest BCUT2D eigenvalue weighted by molar-refractivity contribution is 6.07. The second-order valence-electron chi connectivity index (χ2n) is 3.54. The van der Waals surface area contributed by atoms with Crippen LogP contribution in [0.5, 0.6) is 0 Å². The van der Waals surface area contributed by atoms with Gasteiger partial charge < -0.3 is 20.5 Å². The van der Waals surface area contributed by atoms with Gasteiger partial charge in [0.1, 0.15) is 0 Å². The molecule has 0 unspecified atom stereocenters. The van der Waals surface area contributed by atoms with Crippen LogP contribution in [0.2, 0.25) is 0 Å². The van der Waals surface area contributed by atoms with Crippen molar-refractivity contribution in [3.63, 3.8) is 0 Å². The Labute approximate surface area is 86.2 Å². The molecule has 5 nitrogen and oxygen atoms in total. The number of rotatable bonds is 0. The number of carbonyl (C=O) groups is 1. The Morgan fingerprint density at radius 3 is 2.80 bits per heavy atom. The number of fused-ring (bicyclic) bond motifs is 2. The Hall–Kier alpha value is -1.59. The predicted octanol–water partition coefficient (Wildman–Crippen LogP) is 0.420. The minimum Gasteiger partial charge on any atom is -0.397 e. The van der Waals surface area contributed by atoms with E-state index < -0.39 is 5.79 Å². The quantitative estimate of drug-likeness (QED) is 0.603. The fraction of sp³-hybridized carbons (Fsp3) is 0.300. The molecule has 2 heterocycles. The molecular weight excluding hydrogens is 196 g/mol. The minimum absolute atomic E-state index is 0.298. The molecule has 78 valence electrons. The van der Waals surface area contributed by atoms with Crippen molar-refractivity contribution in [2.75, 3.05) is 24.3 Å². The first-order chi connectivity index (χ1) is 7.24. The Morgan fingerprint density at radius 2 is 2.07 bits per heavy atom. The van der Waals surface area contributed by atoms with Gasteiger partial charge in [0.05, 0.1) is 24.6 Å². The van der Waals surface area contributed by atoms with Crippen LogP contribution in [-0.2, 0) is 20.1 Å². The summed E-state index contributed by atoms with van der Waals surface area (Å²) in [5, 5.41) is 2.68. The number of amides is 1. The number of para-hydroxylation sites is 1. The lowest BCUT2D eigenvalue weighted by Crippen LogP contribution is -2.35. The number of carbonyl (C=O) groups excluding carboxylic acids is 1. The number of nitrogen functional groups attached to an aromatic ring is 1. The van der Waals surface area contributed by atoms with Gasteiger partial charge in [-0.25, -0.2) is 0 Å². The number of hydrogen-bond donors (Lipinski definition) is 2. The molecule has 1 amide bonds. The summed E-state index contributed by atoms with van der Waals surface area (Å²) < 4.78 is 10.8. The van der Waals surface area contributed by atoms with Crippen molar-refractivity contribution in [2.45, 2.75) is 5.79 Å². The molecule has 0 saturated carbocycles. The summed E-state index contributed by atoms with van der Waals surface area (Å²) in [5.74, 6) is -1.56. The van der Waals surface area contributed by atoms with E-state index in [1.807, 2.05) is 0 Å². The highest BCUT2D eigenvalue weighted by Gasteiger charge is 2.52. The molecule has 0 aromatic heterocycles. The summed E-state index contributed by atoms with van der Waals surface area (Å²) in [6.07, 6.45) is 0. The molecule has 0 radical (unpaired) electrons. The van der Waals surface area contributed by atoms with Crippen LogP contribution in [0.25, 0.3) is 0 Å². The third-order valence-electron chi connectivity index (χ3n) is 2.68. The lowest BCUT2D eigenvalue weighted by Gasteiger charge is -2.18. The maximum atomic E-state index is 11.8. The molecular formula is C10H10N2O3. The predicted molar refractivity (Wildman–Crippen MR) is 53.1 cm³/mol. The molecule has 1 aromatic rings. The maximum absolute atomic E-state index is 11.8. The van der Waals surface area contributed by atoms with Crippen molar-refractivity contribution in [3.05, 3.63) is 23.8 Å². The van der Waals surface area contributed by atoms with E-state index in [1.54, 1.807) is 18.2 Å². The van der Waals surface area contributed by atoms with E-state index in [4.69, 9.17) is 15.2 Å². The van der Waals surface area contributed by atoms with Crippen molar-refractivity contribution < 1.29 is 14.3 Å². The highest BCUT2D eigenvalue weighted by atomic mass is 16.7. The third kappa shape index (κ3) is 0.961. The van der Waals surface area contributed by atoms with E-state index in [2.05, 4.69) is 5.32 Å². The van der Waals surface area contributed by atoms with E-state index in [0.717, 1.165) is 0 Å². The summed E-state index contributed by atoms with van der Waals surface area (Å²) in [4.78, 5) is 11.8. The molecule has 3 N–H and O–H groups in total. The second-order valence-corrected chi connectivity index (χ2v) is 3.54. The van der Waals surface area contributed by atoms with Crippen molar-refractivity contribution in [2.24, 2.45) is 0 Å². The molecule has 0 aliphatic carbocycles. The Morgan fingerprint density at radius 1 is 1.33 bits per heavy atom. The van der Waals surface area contributed by atoms with Crippen LogP contribution in [-0.4, -0.2) is 19.1 Å². The van der Waals surface area contributed by atoms with Crippen molar-refractivity contribution in [3.8, 4) is 0 Å². The fourth-order valence-corrected chi connectivity index (χ4v) is 2.00. The molecule has 2 aliphatic heterocycles.